The number of ether oxygens (including phenoxy) is 1. The second-order valence-corrected chi connectivity index (χ2v) is 5.82. The molecule has 5 nitrogen and oxygen atoms in total. The van der Waals surface area contributed by atoms with Gasteiger partial charge in [-0.15, -0.1) is 0 Å². The van der Waals surface area contributed by atoms with E-state index in [-0.39, 0.29) is 6.04 Å². The van der Waals surface area contributed by atoms with Crippen LogP contribution in [0.1, 0.15) is 37.9 Å². The molecule has 1 heterocycles. The largest absolute Gasteiger partial charge is 0.383 e. The van der Waals surface area contributed by atoms with E-state index in [0.717, 1.165) is 11.6 Å². The van der Waals surface area contributed by atoms with Gasteiger partial charge in [0.15, 0.2) is 0 Å². The molecule has 3 unspecified atom stereocenters. The first kappa shape index (κ1) is 14.8. The predicted octanol–water partition coefficient (Wildman–Crippen LogP) is 2.12. The highest BCUT2D eigenvalue weighted by atomic mass is 35.5. The molecule has 19 heavy (non-hydrogen) atoms. The van der Waals surface area contributed by atoms with E-state index in [9.17, 15) is 0 Å². The van der Waals surface area contributed by atoms with Gasteiger partial charge in [0.05, 0.1) is 36.1 Å². The van der Waals surface area contributed by atoms with E-state index >= 15 is 0 Å². The molecule has 3 N–H and O–H groups in total. The molecule has 108 valence electrons. The standard InChI is InChI=1S/C13H23ClN4O/c1-9-3-4-10(7-9)12(17-15)13-11(14)8-16-18(13)5-6-19-2/h8-10,12,17H,3-7,15H2,1-2H3. The maximum Gasteiger partial charge on any atom is 0.0834 e. The minimum Gasteiger partial charge on any atom is -0.383 e. The van der Waals surface area contributed by atoms with Crippen molar-refractivity contribution in [2.45, 2.75) is 38.8 Å². The zero-order valence-electron chi connectivity index (χ0n) is 11.6. The first-order valence-electron chi connectivity index (χ1n) is 6.83. The maximum atomic E-state index is 6.29. The predicted molar refractivity (Wildman–Crippen MR) is 75.7 cm³/mol. The molecular formula is C13H23ClN4O. The average molecular weight is 287 g/mol. The molecule has 0 radical (unpaired) electrons. The zero-order chi connectivity index (χ0) is 13.8. The molecule has 1 aromatic heterocycles. The number of methoxy groups -OCH3 is 1. The summed E-state index contributed by atoms with van der Waals surface area (Å²) < 4.78 is 7.01. The molecule has 0 saturated heterocycles. The first-order chi connectivity index (χ1) is 9.17. The van der Waals surface area contributed by atoms with Crippen LogP contribution in [0.3, 0.4) is 0 Å². The molecule has 1 saturated carbocycles. The van der Waals surface area contributed by atoms with Gasteiger partial charge >= 0.3 is 0 Å². The Morgan fingerprint density at radius 1 is 1.63 bits per heavy atom. The van der Waals surface area contributed by atoms with E-state index in [2.05, 4.69) is 17.4 Å². The fraction of sp³-hybridized carbons (Fsp3) is 0.769. The van der Waals surface area contributed by atoms with E-state index in [1.54, 1.807) is 13.3 Å². The van der Waals surface area contributed by atoms with Gasteiger partial charge in [-0.25, -0.2) is 0 Å². The van der Waals surface area contributed by atoms with Crippen LogP contribution in [-0.2, 0) is 11.3 Å². The zero-order valence-corrected chi connectivity index (χ0v) is 12.4. The van der Waals surface area contributed by atoms with Gasteiger partial charge in [0.25, 0.3) is 0 Å². The lowest BCUT2D eigenvalue weighted by Gasteiger charge is -2.24. The number of hydrazine groups is 1. The van der Waals surface area contributed by atoms with Gasteiger partial charge in [0.2, 0.25) is 0 Å². The molecule has 2 rings (SSSR count). The highest BCUT2D eigenvalue weighted by molar-refractivity contribution is 6.31. The number of hydrogen-bond donors (Lipinski definition) is 2. The van der Waals surface area contributed by atoms with Crippen molar-refractivity contribution in [1.82, 2.24) is 15.2 Å². The Bertz CT molecular complexity index is 409. The van der Waals surface area contributed by atoms with Gasteiger partial charge in [0, 0.05) is 7.11 Å². The number of aromatic nitrogens is 2. The van der Waals surface area contributed by atoms with Crippen molar-refractivity contribution >= 4 is 11.6 Å². The van der Waals surface area contributed by atoms with Crippen LogP contribution in [0.15, 0.2) is 6.20 Å². The van der Waals surface area contributed by atoms with Crippen molar-refractivity contribution in [3.8, 4) is 0 Å². The van der Waals surface area contributed by atoms with E-state index in [4.69, 9.17) is 22.2 Å². The van der Waals surface area contributed by atoms with Crippen LogP contribution in [0.25, 0.3) is 0 Å². The highest BCUT2D eigenvalue weighted by Crippen LogP contribution is 2.40. The summed E-state index contributed by atoms with van der Waals surface area (Å²) in [6.07, 6.45) is 5.31. The summed E-state index contributed by atoms with van der Waals surface area (Å²) in [4.78, 5) is 0. The van der Waals surface area contributed by atoms with Crippen LogP contribution >= 0.6 is 11.6 Å². The fourth-order valence-electron chi connectivity index (χ4n) is 3.03. The quantitative estimate of drug-likeness (QED) is 0.621. The van der Waals surface area contributed by atoms with Crippen molar-refractivity contribution in [3.63, 3.8) is 0 Å². The van der Waals surface area contributed by atoms with Gasteiger partial charge in [0.1, 0.15) is 0 Å². The van der Waals surface area contributed by atoms with Crippen molar-refractivity contribution in [1.29, 1.82) is 0 Å². The second-order valence-electron chi connectivity index (χ2n) is 5.42. The number of nitrogens with zero attached hydrogens (tertiary/aromatic N) is 2. The Balaban J connectivity index is 2.19. The van der Waals surface area contributed by atoms with Gasteiger partial charge < -0.3 is 4.74 Å². The molecule has 0 spiro atoms. The molecule has 1 fully saturated rings. The van der Waals surface area contributed by atoms with Crippen molar-refractivity contribution in [2.75, 3.05) is 13.7 Å². The fourth-order valence-corrected chi connectivity index (χ4v) is 3.29. The molecule has 0 bridgehead atoms. The number of nitrogens with one attached hydrogen (secondary N) is 1. The Morgan fingerprint density at radius 2 is 2.42 bits per heavy atom. The van der Waals surface area contributed by atoms with E-state index < -0.39 is 0 Å². The molecule has 0 amide bonds. The molecule has 3 atom stereocenters. The molecule has 6 heteroatoms. The summed E-state index contributed by atoms with van der Waals surface area (Å²) in [5.74, 6) is 7.06. The topological polar surface area (TPSA) is 65.1 Å². The van der Waals surface area contributed by atoms with Crippen molar-refractivity contribution < 1.29 is 4.74 Å². The molecule has 1 aromatic rings. The summed E-state index contributed by atoms with van der Waals surface area (Å²) in [6.45, 7) is 3.60. The Hall–Kier alpha value is -0.620. The SMILES string of the molecule is COCCn1ncc(Cl)c1C(NN)C1CCC(C)C1. The normalized spacial score (nSPS) is 24.8. The minimum absolute atomic E-state index is 0.0665. The molecule has 1 aliphatic rings. The van der Waals surface area contributed by atoms with E-state index in [1.807, 2.05) is 4.68 Å². The average Bonchev–Trinajstić information content (AvgIpc) is 2.97. The summed E-state index contributed by atoms with van der Waals surface area (Å²) >= 11 is 6.29. The third-order valence-corrected chi connectivity index (χ3v) is 4.31. The molecule has 0 aromatic carbocycles. The molecule has 1 aliphatic carbocycles. The summed E-state index contributed by atoms with van der Waals surface area (Å²) in [5.41, 5.74) is 3.92. The van der Waals surface area contributed by atoms with Gasteiger partial charge in [-0.05, 0) is 24.7 Å². The van der Waals surface area contributed by atoms with Crippen LogP contribution in [-0.4, -0.2) is 23.5 Å². The lowest BCUT2D eigenvalue weighted by molar-refractivity contribution is 0.180. The molecule has 0 aliphatic heterocycles. The van der Waals surface area contributed by atoms with Crippen LogP contribution in [0.4, 0.5) is 0 Å². The van der Waals surface area contributed by atoms with E-state index in [0.29, 0.717) is 24.1 Å². The van der Waals surface area contributed by atoms with Crippen molar-refractivity contribution in [3.05, 3.63) is 16.9 Å². The van der Waals surface area contributed by atoms with Crippen LogP contribution in [0, 0.1) is 11.8 Å². The third-order valence-electron chi connectivity index (χ3n) is 4.02. The third kappa shape index (κ3) is 3.28. The Kier molecular flexibility index (Phi) is 5.21. The van der Waals surface area contributed by atoms with E-state index in [1.165, 1.54) is 19.3 Å². The monoisotopic (exact) mass is 286 g/mol. The highest BCUT2D eigenvalue weighted by Gasteiger charge is 2.32. The minimum atomic E-state index is 0.0665. The second kappa shape index (κ2) is 6.70. The Labute approximate surface area is 119 Å². The van der Waals surface area contributed by atoms with Crippen LogP contribution in [0.5, 0.6) is 0 Å². The van der Waals surface area contributed by atoms with Gasteiger partial charge in [-0.1, -0.05) is 24.9 Å². The number of halogens is 1. The summed E-state index contributed by atoms with van der Waals surface area (Å²) in [5, 5.41) is 5.00. The summed E-state index contributed by atoms with van der Waals surface area (Å²) in [6, 6.07) is 0.0665. The van der Waals surface area contributed by atoms with Gasteiger partial charge in [-0.2, -0.15) is 5.10 Å². The number of rotatable bonds is 6. The lowest BCUT2D eigenvalue weighted by Crippen LogP contribution is -2.35. The van der Waals surface area contributed by atoms with Gasteiger partial charge in [-0.3, -0.25) is 16.0 Å². The number of nitrogens with two attached hydrogens (primary N) is 1. The van der Waals surface area contributed by atoms with Crippen LogP contribution in [0.2, 0.25) is 5.02 Å². The smallest absolute Gasteiger partial charge is 0.0834 e. The summed E-state index contributed by atoms with van der Waals surface area (Å²) in [7, 11) is 1.68. The molecular weight excluding hydrogens is 264 g/mol. The lowest BCUT2D eigenvalue weighted by atomic mass is 9.94. The number of hydrogen-bond acceptors (Lipinski definition) is 4. The van der Waals surface area contributed by atoms with Crippen LogP contribution < -0.4 is 11.3 Å². The first-order valence-corrected chi connectivity index (χ1v) is 7.21. The maximum absolute atomic E-state index is 6.29. The van der Waals surface area contributed by atoms with Crippen molar-refractivity contribution in [2.24, 2.45) is 17.7 Å². The Morgan fingerprint density at radius 3 is 3.00 bits per heavy atom.